The van der Waals surface area contributed by atoms with E-state index in [-0.39, 0.29) is 18.2 Å². The molecule has 2 aromatic rings. The van der Waals surface area contributed by atoms with E-state index >= 15 is 0 Å². The van der Waals surface area contributed by atoms with Gasteiger partial charge in [0, 0.05) is 29.2 Å². The Kier molecular flexibility index (Phi) is 5.24. The third-order valence-electron chi connectivity index (χ3n) is 3.56. The molecule has 1 aromatic heterocycles. The number of aromatic nitrogens is 1. The predicted octanol–water partition coefficient (Wildman–Crippen LogP) is 3.02. The maximum Gasteiger partial charge on any atom is 0.326 e. The number of fused-ring (bicyclic) bond motifs is 1. The molecule has 2 N–H and O–H groups in total. The van der Waals surface area contributed by atoms with Gasteiger partial charge in [-0.3, -0.25) is 4.79 Å². The fraction of sp³-hybridized carbons (Fsp3) is 0.375. The lowest BCUT2D eigenvalue weighted by atomic mass is 10.0. The number of nitrogens with zero attached hydrogens (tertiary/aromatic N) is 1. The summed E-state index contributed by atoms with van der Waals surface area (Å²) in [5.41, 5.74) is 1.04. The minimum Gasteiger partial charge on any atom is -0.480 e. The van der Waals surface area contributed by atoms with Crippen LogP contribution in [0.25, 0.3) is 10.9 Å². The fourth-order valence-corrected chi connectivity index (χ4v) is 2.68. The van der Waals surface area contributed by atoms with E-state index in [9.17, 15) is 9.59 Å². The summed E-state index contributed by atoms with van der Waals surface area (Å²) in [5.74, 6) is -1.40. The zero-order chi connectivity index (χ0) is 16.3. The van der Waals surface area contributed by atoms with Gasteiger partial charge in [0.2, 0.25) is 5.91 Å². The van der Waals surface area contributed by atoms with Crippen LogP contribution in [-0.4, -0.2) is 27.6 Å². The summed E-state index contributed by atoms with van der Waals surface area (Å²) >= 11 is 3.44. The summed E-state index contributed by atoms with van der Waals surface area (Å²) in [4.78, 5) is 23.1. The second-order valence-electron chi connectivity index (χ2n) is 5.59. The SMILES string of the molecule is CC(C)C(NC(=O)CCn1ccc2ccc(Br)cc21)C(=O)O. The van der Waals surface area contributed by atoms with Crippen LogP contribution in [0.4, 0.5) is 0 Å². The maximum atomic E-state index is 12.0. The predicted molar refractivity (Wildman–Crippen MR) is 88.7 cm³/mol. The van der Waals surface area contributed by atoms with Gasteiger partial charge in [0.25, 0.3) is 0 Å². The van der Waals surface area contributed by atoms with Gasteiger partial charge in [-0.05, 0) is 29.5 Å². The quantitative estimate of drug-likeness (QED) is 0.825. The lowest BCUT2D eigenvalue weighted by Crippen LogP contribution is -2.44. The molecule has 0 bridgehead atoms. The van der Waals surface area contributed by atoms with Crippen LogP contribution < -0.4 is 5.32 Å². The third kappa shape index (κ3) is 3.88. The molecule has 1 amide bonds. The fourth-order valence-electron chi connectivity index (χ4n) is 2.33. The zero-order valence-corrected chi connectivity index (χ0v) is 14.1. The van der Waals surface area contributed by atoms with Gasteiger partial charge < -0.3 is 15.0 Å². The molecular formula is C16H19BrN2O3. The van der Waals surface area contributed by atoms with Crippen LogP contribution in [0.1, 0.15) is 20.3 Å². The van der Waals surface area contributed by atoms with Crippen molar-refractivity contribution in [2.45, 2.75) is 32.9 Å². The van der Waals surface area contributed by atoms with Crippen LogP contribution in [0.2, 0.25) is 0 Å². The average molecular weight is 367 g/mol. The molecule has 2 rings (SSSR count). The molecule has 0 saturated carbocycles. The molecule has 1 aromatic carbocycles. The Hall–Kier alpha value is -1.82. The summed E-state index contributed by atoms with van der Waals surface area (Å²) in [5, 5.41) is 12.8. The summed E-state index contributed by atoms with van der Waals surface area (Å²) in [6.45, 7) is 4.06. The van der Waals surface area contributed by atoms with Crippen LogP contribution in [0.15, 0.2) is 34.9 Å². The van der Waals surface area contributed by atoms with Gasteiger partial charge in [-0.25, -0.2) is 4.79 Å². The number of benzene rings is 1. The molecular weight excluding hydrogens is 348 g/mol. The lowest BCUT2D eigenvalue weighted by Gasteiger charge is -2.18. The molecule has 118 valence electrons. The first-order valence-electron chi connectivity index (χ1n) is 7.15. The molecule has 1 unspecified atom stereocenters. The first kappa shape index (κ1) is 16.5. The third-order valence-corrected chi connectivity index (χ3v) is 4.06. The minimum atomic E-state index is -1.00. The number of carboxylic acid groups (broad SMARTS) is 1. The van der Waals surface area contributed by atoms with Crippen molar-refractivity contribution >= 4 is 38.7 Å². The van der Waals surface area contributed by atoms with E-state index in [0.29, 0.717) is 6.54 Å². The van der Waals surface area contributed by atoms with E-state index in [1.165, 1.54) is 0 Å². The number of hydrogen-bond acceptors (Lipinski definition) is 2. The zero-order valence-electron chi connectivity index (χ0n) is 12.5. The number of nitrogens with one attached hydrogen (secondary N) is 1. The van der Waals surface area contributed by atoms with Gasteiger partial charge in [-0.2, -0.15) is 0 Å². The lowest BCUT2D eigenvalue weighted by molar-refractivity contribution is -0.143. The molecule has 0 aliphatic heterocycles. The van der Waals surface area contributed by atoms with Crippen LogP contribution in [0, 0.1) is 5.92 Å². The van der Waals surface area contributed by atoms with Crippen molar-refractivity contribution in [2.75, 3.05) is 0 Å². The molecule has 0 aliphatic rings. The van der Waals surface area contributed by atoms with Crippen LogP contribution in [0.5, 0.6) is 0 Å². The molecule has 0 aliphatic carbocycles. The topological polar surface area (TPSA) is 71.3 Å². The number of hydrogen-bond donors (Lipinski definition) is 2. The van der Waals surface area contributed by atoms with Crippen LogP contribution in [-0.2, 0) is 16.1 Å². The van der Waals surface area contributed by atoms with Crippen LogP contribution >= 0.6 is 15.9 Å². The smallest absolute Gasteiger partial charge is 0.326 e. The molecule has 22 heavy (non-hydrogen) atoms. The summed E-state index contributed by atoms with van der Waals surface area (Å²) in [7, 11) is 0. The van der Waals surface area contributed by atoms with Crippen molar-refractivity contribution in [1.29, 1.82) is 0 Å². The largest absolute Gasteiger partial charge is 0.480 e. The molecule has 1 atom stereocenters. The molecule has 0 spiro atoms. The van der Waals surface area contributed by atoms with Crippen molar-refractivity contribution in [2.24, 2.45) is 5.92 Å². The van der Waals surface area contributed by atoms with Crippen molar-refractivity contribution in [3.8, 4) is 0 Å². The van der Waals surface area contributed by atoms with E-state index in [4.69, 9.17) is 5.11 Å². The highest BCUT2D eigenvalue weighted by atomic mass is 79.9. The molecule has 5 nitrogen and oxygen atoms in total. The number of halogens is 1. The summed E-state index contributed by atoms with van der Waals surface area (Å²) in [6, 6.07) is 7.13. The highest BCUT2D eigenvalue weighted by molar-refractivity contribution is 9.10. The standard InChI is InChI=1S/C16H19BrN2O3/c1-10(2)15(16(21)22)18-14(20)6-8-19-7-5-11-3-4-12(17)9-13(11)19/h3-5,7,9-10,15H,6,8H2,1-2H3,(H,18,20)(H,21,22). The normalized spacial score (nSPS) is 12.5. The van der Waals surface area contributed by atoms with E-state index < -0.39 is 12.0 Å². The van der Waals surface area contributed by atoms with E-state index in [1.807, 2.05) is 35.0 Å². The van der Waals surface area contributed by atoms with Gasteiger partial charge >= 0.3 is 5.97 Å². The Bertz CT molecular complexity index is 694. The van der Waals surface area contributed by atoms with Gasteiger partial charge in [0.15, 0.2) is 0 Å². The van der Waals surface area contributed by atoms with Gasteiger partial charge in [-0.1, -0.05) is 35.8 Å². The van der Waals surface area contributed by atoms with Gasteiger partial charge in [0.05, 0.1) is 0 Å². The van der Waals surface area contributed by atoms with Crippen molar-refractivity contribution in [1.82, 2.24) is 9.88 Å². The van der Waals surface area contributed by atoms with Crippen molar-refractivity contribution in [3.63, 3.8) is 0 Å². The summed E-state index contributed by atoms with van der Waals surface area (Å²) in [6.07, 6.45) is 2.17. The number of carbonyl (C=O) groups excluding carboxylic acids is 1. The molecule has 0 radical (unpaired) electrons. The number of carboxylic acids is 1. The average Bonchev–Trinajstić information content (AvgIpc) is 2.84. The van der Waals surface area contributed by atoms with E-state index in [0.717, 1.165) is 15.4 Å². The van der Waals surface area contributed by atoms with Crippen LogP contribution in [0.3, 0.4) is 0 Å². The maximum absolute atomic E-state index is 12.0. The van der Waals surface area contributed by atoms with E-state index in [2.05, 4.69) is 21.2 Å². The number of amides is 1. The molecule has 6 heteroatoms. The number of aliphatic carboxylic acids is 1. The second-order valence-corrected chi connectivity index (χ2v) is 6.51. The Balaban J connectivity index is 2.01. The number of aryl methyl sites for hydroxylation is 1. The second kappa shape index (κ2) is 6.96. The molecule has 0 saturated heterocycles. The Morgan fingerprint density at radius 2 is 2.05 bits per heavy atom. The monoisotopic (exact) mass is 366 g/mol. The Morgan fingerprint density at radius 1 is 1.32 bits per heavy atom. The Labute approximate surface area is 137 Å². The van der Waals surface area contributed by atoms with E-state index in [1.54, 1.807) is 13.8 Å². The molecule has 0 fully saturated rings. The van der Waals surface area contributed by atoms with Crippen molar-refractivity contribution in [3.05, 3.63) is 34.9 Å². The first-order valence-corrected chi connectivity index (χ1v) is 7.94. The Morgan fingerprint density at radius 3 is 2.68 bits per heavy atom. The summed E-state index contributed by atoms with van der Waals surface area (Å²) < 4.78 is 2.97. The number of carbonyl (C=O) groups is 2. The highest BCUT2D eigenvalue weighted by Crippen LogP contribution is 2.21. The highest BCUT2D eigenvalue weighted by Gasteiger charge is 2.23. The first-order chi connectivity index (χ1) is 10.4. The number of rotatable bonds is 6. The molecule has 1 heterocycles. The minimum absolute atomic E-state index is 0.148. The van der Waals surface area contributed by atoms with Gasteiger partial charge in [0.1, 0.15) is 6.04 Å². The van der Waals surface area contributed by atoms with Crippen molar-refractivity contribution < 1.29 is 14.7 Å². The van der Waals surface area contributed by atoms with Gasteiger partial charge in [-0.15, -0.1) is 0 Å².